The first kappa shape index (κ1) is 17.6. The molecule has 1 saturated heterocycles. The Morgan fingerprint density at radius 3 is 2.75 bits per heavy atom. The summed E-state index contributed by atoms with van der Waals surface area (Å²) < 4.78 is 10.6. The summed E-state index contributed by atoms with van der Waals surface area (Å²) in [5.74, 6) is -1.05. The van der Waals surface area contributed by atoms with Gasteiger partial charge in [-0.3, -0.25) is 9.59 Å². The van der Waals surface area contributed by atoms with Crippen molar-refractivity contribution >= 4 is 17.8 Å². The Labute approximate surface area is 139 Å². The molecule has 1 aliphatic rings. The number of piperazine rings is 1. The molecule has 1 aromatic rings. The molecular formula is C16H20N2O6. The van der Waals surface area contributed by atoms with E-state index in [4.69, 9.17) is 14.6 Å². The predicted octanol–water partition coefficient (Wildman–Crippen LogP) is 0.509. The fourth-order valence-corrected chi connectivity index (χ4v) is 2.39. The summed E-state index contributed by atoms with van der Waals surface area (Å²) in [4.78, 5) is 36.5. The van der Waals surface area contributed by atoms with Crippen molar-refractivity contribution in [2.75, 3.05) is 26.3 Å². The average Bonchev–Trinajstić information content (AvgIpc) is 2.55. The molecule has 24 heavy (non-hydrogen) atoms. The fourth-order valence-electron chi connectivity index (χ4n) is 2.39. The lowest BCUT2D eigenvalue weighted by atomic mass is 10.1. The van der Waals surface area contributed by atoms with Gasteiger partial charge in [-0.05, 0) is 32.0 Å². The largest absolute Gasteiger partial charge is 0.490 e. The van der Waals surface area contributed by atoms with Crippen molar-refractivity contribution in [3.05, 3.63) is 23.8 Å². The van der Waals surface area contributed by atoms with E-state index < -0.39 is 18.6 Å². The van der Waals surface area contributed by atoms with Crippen LogP contribution < -0.4 is 14.8 Å². The van der Waals surface area contributed by atoms with Crippen molar-refractivity contribution < 1.29 is 29.0 Å². The molecule has 0 aromatic heterocycles. The first-order chi connectivity index (χ1) is 11.4. The summed E-state index contributed by atoms with van der Waals surface area (Å²) >= 11 is 0. The molecule has 0 radical (unpaired) electrons. The Morgan fingerprint density at radius 2 is 2.08 bits per heavy atom. The Kier molecular flexibility index (Phi) is 5.62. The van der Waals surface area contributed by atoms with Gasteiger partial charge < -0.3 is 24.8 Å². The molecule has 130 valence electrons. The van der Waals surface area contributed by atoms with E-state index in [9.17, 15) is 14.4 Å². The van der Waals surface area contributed by atoms with Crippen LogP contribution >= 0.6 is 0 Å². The van der Waals surface area contributed by atoms with Gasteiger partial charge in [0.05, 0.1) is 6.61 Å². The fraction of sp³-hybridized carbons (Fsp3) is 0.438. The number of hydrogen-bond donors (Lipinski definition) is 2. The zero-order chi connectivity index (χ0) is 17.7. The zero-order valence-corrected chi connectivity index (χ0v) is 13.6. The Bertz CT molecular complexity index is 645. The summed E-state index contributed by atoms with van der Waals surface area (Å²) in [5.41, 5.74) is 0.350. The second kappa shape index (κ2) is 7.67. The first-order valence-corrected chi connectivity index (χ1v) is 7.64. The van der Waals surface area contributed by atoms with Crippen LogP contribution in [-0.4, -0.2) is 60.1 Å². The number of benzene rings is 1. The summed E-state index contributed by atoms with van der Waals surface area (Å²) in [6.07, 6.45) is 0. The molecule has 8 nitrogen and oxygen atoms in total. The normalized spacial score (nSPS) is 17.2. The molecule has 0 spiro atoms. The third-order valence-electron chi connectivity index (χ3n) is 3.60. The van der Waals surface area contributed by atoms with E-state index in [0.717, 1.165) is 0 Å². The maximum atomic E-state index is 12.6. The van der Waals surface area contributed by atoms with Gasteiger partial charge in [0.25, 0.3) is 5.91 Å². The van der Waals surface area contributed by atoms with Crippen molar-refractivity contribution in [3.8, 4) is 11.5 Å². The standard InChI is InChI=1S/C16H20N2O6/c1-3-23-13-8-11(4-5-12(13)24-9-14(19)20)16(22)18-7-6-17-15(21)10(18)2/h4-5,8,10H,3,6-7,9H2,1-2H3,(H,17,21)(H,19,20). The summed E-state index contributed by atoms with van der Waals surface area (Å²) in [7, 11) is 0. The molecule has 1 atom stereocenters. The van der Waals surface area contributed by atoms with Gasteiger partial charge in [-0.15, -0.1) is 0 Å². The minimum Gasteiger partial charge on any atom is -0.490 e. The summed E-state index contributed by atoms with van der Waals surface area (Å²) in [6, 6.07) is 3.98. The number of nitrogens with one attached hydrogen (secondary N) is 1. The molecule has 1 fully saturated rings. The molecule has 8 heteroatoms. The number of amides is 2. The highest BCUT2D eigenvalue weighted by atomic mass is 16.5. The van der Waals surface area contributed by atoms with Gasteiger partial charge in [-0.25, -0.2) is 4.79 Å². The molecule has 1 aliphatic heterocycles. The molecule has 1 unspecified atom stereocenters. The number of carbonyl (C=O) groups is 3. The number of rotatable bonds is 6. The number of carboxylic acid groups (broad SMARTS) is 1. The topological polar surface area (TPSA) is 105 Å². The lowest BCUT2D eigenvalue weighted by Crippen LogP contribution is -2.55. The van der Waals surface area contributed by atoms with E-state index in [-0.39, 0.29) is 17.6 Å². The van der Waals surface area contributed by atoms with E-state index in [1.165, 1.54) is 23.1 Å². The van der Waals surface area contributed by atoms with E-state index >= 15 is 0 Å². The quantitative estimate of drug-likeness (QED) is 0.784. The minimum absolute atomic E-state index is 0.193. The zero-order valence-electron chi connectivity index (χ0n) is 13.6. The molecular weight excluding hydrogens is 316 g/mol. The van der Waals surface area contributed by atoms with Crippen LogP contribution in [0.25, 0.3) is 0 Å². The van der Waals surface area contributed by atoms with Crippen LogP contribution in [0.4, 0.5) is 0 Å². The monoisotopic (exact) mass is 336 g/mol. The number of carboxylic acids is 1. The Balaban J connectivity index is 2.23. The number of carbonyl (C=O) groups excluding carboxylic acids is 2. The van der Waals surface area contributed by atoms with Gasteiger partial charge in [0.1, 0.15) is 6.04 Å². The SMILES string of the molecule is CCOc1cc(C(=O)N2CCNC(=O)C2C)ccc1OCC(=O)O. The lowest BCUT2D eigenvalue weighted by molar-refractivity contribution is -0.139. The molecule has 0 aliphatic carbocycles. The van der Waals surface area contributed by atoms with Crippen LogP contribution in [0.3, 0.4) is 0 Å². The summed E-state index contributed by atoms with van der Waals surface area (Å²) in [5, 5.41) is 11.4. The van der Waals surface area contributed by atoms with E-state index in [2.05, 4.69) is 5.32 Å². The minimum atomic E-state index is -1.11. The van der Waals surface area contributed by atoms with Crippen LogP contribution in [-0.2, 0) is 9.59 Å². The van der Waals surface area contributed by atoms with E-state index in [1.54, 1.807) is 13.8 Å². The molecule has 0 saturated carbocycles. The Morgan fingerprint density at radius 1 is 1.33 bits per heavy atom. The predicted molar refractivity (Wildman–Crippen MR) is 84.3 cm³/mol. The van der Waals surface area contributed by atoms with E-state index in [0.29, 0.717) is 31.0 Å². The first-order valence-electron chi connectivity index (χ1n) is 7.64. The van der Waals surface area contributed by atoms with Crippen molar-refractivity contribution in [3.63, 3.8) is 0 Å². The third kappa shape index (κ3) is 3.95. The van der Waals surface area contributed by atoms with Crippen LogP contribution in [0.5, 0.6) is 11.5 Å². The molecule has 2 rings (SSSR count). The highest BCUT2D eigenvalue weighted by Gasteiger charge is 2.30. The van der Waals surface area contributed by atoms with Gasteiger partial charge in [0.15, 0.2) is 18.1 Å². The van der Waals surface area contributed by atoms with Crippen molar-refractivity contribution in [2.24, 2.45) is 0 Å². The molecule has 2 amide bonds. The number of nitrogens with zero attached hydrogens (tertiary/aromatic N) is 1. The highest BCUT2D eigenvalue weighted by molar-refractivity contribution is 5.98. The number of ether oxygens (including phenoxy) is 2. The number of aliphatic carboxylic acids is 1. The molecule has 0 bridgehead atoms. The second-order valence-corrected chi connectivity index (χ2v) is 5.24. The lowest BCUT2D eigenvalue weighted by Gasteiger charge is -2.33. The smallest absolute Gasteiger partial charge is 0.341 e. The second-order valence-electron chi connectivity index (χ2n) is 5.24. The maximum absolute atomic E-state index is 12.6. The van der Waals surface area contributed by atoms with Gasteiger partial charge >= 0.3 is 5.97 Å². The summed E-state index contributed by atoms with van der Waals surface area (Å²) in [6.45, 7) is 4.10. The van der Waals surface area contributed by atoms with Crippen LogP contribution in [0.15, 0.2) is 18.2 Å². The van der Waals surface area contributed by atoms with E-state index in [1.807, 2.05) is 0 Å². The Hall–Kier alpha value is -2.77. The van der Waals surface area contributed by atoms with Crippen LogP contribution in [0.2, 0.25) is 0 Å². The van der Waals surface area contributed by atoms with Gasteiger partial charge in [0.2, 0.25) is 5.91 Å². The number of hydrogen-bond acceptors (Lipinski definition) is 5. The van der Waals surface area contributed by atoms with Crippen molar-refractivity contribution in [1.29, 1.82) is 0 Å². The maximum Gasteiger partial charge on any atom is 0.341 e. The third-order valence-corrected chi connectivity index (χ3v) is 3.60. The van der Waals surface area contributed by atoms with Gasteiger partial charge in [-0.2, -0.15) is 0 Å². The van der Waals surface area contributed by atoms with Gasteiger partial charge in [0, 0.05) is 18.7 Å². The molecule has 2 N–H and O–H groups in total. The van der Waals surface area contributed by atoms with Crippen LogP contribution in [0, 0.1) is 0 Å². The average molecular weight is 336 g/mol. The van der Waals surface area contributed by atoms with Crippen molar-refractivity contribution in [1.82, 2.24) is 10.2 Å². The van der Waals surface area contributed by atoms with Gasteiger partial charge in [-0.1, -0.05) is 0 Å². The molecule has 1 heterocycles. The van der Waals surface area contributed by atoms with Crippen LogP contribution in [0.1, 0.15) is 24.2 Å². The van der Waals surface area contributed by atoms with Crippen molar-refractivity contribution in [2.45, 2.75) is 19.9 Å². The molecule has 1 aromatic carbocycles. The highest BCUT2D eigenvalue weighted by Crippen LogP contribution is 2.29.